The summed E-state index contributed by atoms with van der Waals surface area (Å²) in [6.45, 7) is 4.75. The number of nitrogens with zero attached hydrogens (tertiary/aromatic N) is 2. The van der Waals surface area contributed by atoms with E-state index in [1.165, 1.54) is 18.2 Å². The fourth-order valence-electron chi connectivity index (χ4n) is 10.1. The Hall–Kier alpha value is -7.30. The number of carbonyl (C=O) groups excluding carboxylic acids is 7. The van der Waals surface area contributed by atoms with Crippen molar-refractivity contribution in [2.45, 2.75) is 104 Å². The summed E-state index contributed by atoms with van der Waals surface area (Å²) in [4.78, 5) is 106. The number of anilines is 1. The normalized spacial score (nSPS) is 17.2. The molecule has 2 aromatic carbocycles. The van der Waals surface area contributed by atoms with Gasteiger partial charge in [-0.3, -0.25) is 38.5 Å². The number of carboxylic acids is 1. The summed E-state index contributed by atoms with van der Waals surface area (Å²) in [7, 11) is -10.5. The zero-order chi connectivity index (χ0) is 62.3. The van der Waals surface area contributed by atoms with E-state index in [0.717, 1.165) is 49.3 Å². The van der Waals surface area contributed by atoms with Crippen LogP contribution in [0.4, 0.5) is 10.5 Å². The van der Waals surface area contributed by atoms with Gasteiger partial charge in [0, 0.05) is 78.4 Å². The van der Waals surface area contributed by atoms with Gasteiger partial charge in [-0.2, -0.15) is 28.6 Å². The molecule has 0 saturated carbocycles. The Morgan fingerprint density at radius 3 is 2.09 bits per heavy atom. The summed E-state index contributed by atoms with van der Waals surface area (Å²) in [5.41, 5.74) is 3.18. The summed E-state index contributed by atoms with van der Waals surface area (Å²) in [5.74, 6) is -5.49. The van der Waals surface area contributed by atoms with Gasteiger partial charge in [0.15, 0.2) is 21.1 Å². The molecule has 4 atom stereocenters. The molecule has 29 nitrogen and oxygen atoms in total. The van der Waals surface area contributed by atoms with Crippen molar-refractivity contribution in [1.82, 2.24) is 31.2 Å². The lowest BCUT2D eigenvalue weighted by Crippen LogP contribution is -2.45. The molecule has 3 fully saturated rings. The third-order valence-electron chi connectivity index (χ3n) is 14.2. The maximum absolute atomic E-state index is 13.5. The number of hydrogen-bond donors (Lipinski definition) is 9. The first-order valence-corrected chi connectivity index (χ1v) is 31.5. The van der Waals surface area contributed by atoms with Gasteiger partial charge in [0.1, 0.15) is 6.04 Å². The number of thioether (sulfide) groups is 1. The fourth-order valence-corrected chi connectivity index (χ4v) is 13.2. The number of carboxylic acid groups (broad SMARTS) is 1. The molecule has 7 amide bonds. The highest BCUT2D eigenvalue weighted by Gasteiger charge is 2.47. The number of nitrogen functional groups attached to an aromatic ring is 1. The van der Waals surface area contributed by atoms with Crippen LogP contribution >= 0.6 is 11.8 Å². The summed E-state index contributed by atoms with van der Waals surface area (Å²) in [6, 6.07) is 6.85. The van der Waals surface area contributed by atoms with Crippen molar-refractivity contribution >= 4 is 96.2 Å². The van der Waals surface area contributed by atoms with Crippen LogP contribution in [0.1, 0.15) is 91.8 Å². The Bertz CT molecular complexity index is 3440. The van der Waals surface area contributed by atoms with Crippen LogP contribution < -0.4 is 32.4 Å². The number of aromatic carboxylic acids is 1. The van der Waals surface area contributed by atoms with Crippen molar-refractivity contribution in [2.75, 3.05) is 84.0 Å². The molecule has 468 valence electrons. The van der Waals surface area contributed by atoms with E-state index < -0.39 is 99.6 Å². The first-order chi connectivity index (χ1) is 41.0. The first kappa shape index (κ1) is 66.2. The molecule has 4 aliphatic heterocycles. The monoisotopic (exact) mass is 1260 g/mol. The lowest BCUT2D eigenvalue weighted by molar-refractivity contribution is -0.199. The second kappa shape index (κ2) is 30.4. The maximum Gasteiger partial charge on any atom is 0.355 e. The standard InChI is InChI=1S/C54H68N8O21S3/c1-2-61-46-39(60-54(61)71)30-84-40(46)8-3-4-9-41(63)57-20-22-79-24-26-81-28-27-80-25-23-78-21-18-42(64)59-38(53(70)83-62-43(65)16-17-44(62)66)7-5-6-19-58-51(67)31-10-11-32(35(29-31)52(68)69)45-33-12-14-36(55)49(85(72,73)74)47(33)82-48-34(45)13-15-37(56)50(48)86(75,76)77/h10-15,29,38-40,46,55H,2-9,16-28,30,56H2,1H3,(H,57,63)(H,58,67)(H,59,64)(H,60,71)(H,68,69)(H,72,73,74)(H,75,76,77)/t38?,39-,40-,46-/m0/s1. The largest absolute Gasteiger partial charge is 0.478 e. The van der Waals surface area contributed by atoms with Crippen LogP contribution in [0.15, 0.2) is 56.7 Å². The minimum atomic E-state index is -5.27. The van der Waals surface area contributed by atoms with Crippen molar-refractivity contribution in [3.05, 3.63) is 58.9 Å². The summed E-state index contributed by atoms with van der Waals surface area (Å²) >= 11 is 1.89. The minimum absolute atomic E-state index is 0.0132. The molecule has 10 N–H and O–H groups in total. The van der Waals surface area contributed by atoms with E-state index in [9.17, 15) is 69.4 Å². The van der Waals surface area contributed by atoms with E-state index in [4.69, 9.17) is 39.3 Å². The van der Waals surface area contributed by atoms with E-state index in [1.54, 1.807) is 0 Å². The quantitative estimate of drug-likeness (QED) is 0.00810. The van der Waals surface area contributed by atoms with Crippen molar-refractivity contribution in [3.63, 3.8) is 0 Å². The molecule has 3 saturated heterocycles. The van der Waals surface area contributed by atoms with Gasteiger partial charge in [0.2, 0.25) is 11.8 Å². The van der Waals surface area contributed by atoms with Gasteiger partial charge in [0.25, 0.3) is 38.0 Å². The molecular weight excluding hydrogens is 1190 g/mol. The Labute approximate surface area is 497 Å². The molecule has 7 rings (SSSR count). The van der Waals surface area contributed by atoms with E-state index in [-0.39, 0.29) is 130 Å². The van der Waals surface area contributed by atoms with Crippen LogP contribution in [-0.2, 0) is 68.0 Å². The van der Waals surface area contributed by atoms with Crippen LogP contribution in [0.25, 0.3) is 33.4 Å². The number of hydrogen-bond acceptors (Lipinski definition) is 21. The van der Waals surface area contributed by atoms with Gasteiger partial charge in [0.05, 0.1) is 81.5 Å². The van der Waals surface area contributed by atoms with Crippen LogP contribution in [0, 0.1) is 5.41 Å². The summed E-state index contributed by atoms with van der Waals surface area (Å²) in [5, 5.41) is 29.4. The number of nitrogens with two attached hydrogens (primary N) is 1. The Kier molecular flexibility index (Phi) is 23.4. The molecule has 86 heavy (non-hydrogen) atoms. The number of unbranched alkanes of at least 4 members (excludes halogenated alkanes) is 2. The van der Waals surface area contributed by atoms with Gasteiger partial charge in [-0.05, 0) is 81.0 Å². The number of fused-ring (bicyclic) bond motifs is 3. The second-order valence-corrected chi connectivity index (χ2v) is 24.0. The van der Waals surface area contributed by atoms with E-state index in [2.05, 4.69) is 21.3 Å². The van der Waals surface area contributed by atoms with Crippen molar-refractivity contribution in [2.24, 2.45) is 0 Å². The molecule has 0 radical (unpaired) electrons. The van der Waals surface area contributed by atoms with Crippen molar-refractivity contribution in [3.8, 4) is 22.5 Å². The fraction of sp³-hybridized carbons (Fsp3) is 0.500. The van der Waals surface area contributed by atoms with Crippen molar-refractivity contribution < 1.29 is 97.6 Å². The van der Waals surface area contributed by atoms with E-state index in [1.807, 2.05) is 23.6 Å². The van der Waals surface area contributed by atoms with Gasteiger partial charge in [-0.15, -0.1) is 5.06 Å². The lowest BCUT2D eigenvalue weighted by atomic mass is 9.89. The Morgan fingerprint density at radius 1 is 0.791 bits per heavy atom. The number of amides is 7. The SMILES string of the molecule is CCN1C(=O)N[C@H]2CS[C@@H](CCCCC(=O)NCCOCCOCCOCCOCCC(=O)NC(CCCCNC(=O)c3ccc(-c4c5ccc(=N)c(S(=O)(=O)O)c-5oc5c(S(=O)(=O)O)c(N)ccc45)c(C(=O)O)c3)C(=O)ON3C(=O)CCC3=O)[C@H]21. The van der Waals surface area contributed by atoms with Crippen LogP contribution in [0.5, 0.6) is 0 Å². The third kappa shape index (κ3) is 17.0. The molecule has 1 aliphatic carbocycles. The topological polar surface area (TPSA) is 429 Å². The molecule has 2 aromatic rings. The smallest absolute Gasteiger partial charge is 0.355 e. The van der Waals surface area contributed by atoms with Gasteiger partial charge < -0.3 is 65.2 Å². The average molecular weight is 1260 g/mol. The molecule has 1 unspecified atom stereocenters. The number of hydroxylamine groups is 2. The van der Waals surface area contributed by atoms with E-state index in [0.29, 0.717) is 49.6 Å². The summed E-state index contributed by atoms with van der Waals surface area (Å²) < 4.78 is 98.2. The predicted octanol–water partition coefficient (Wildman–Crippen LogP) is 2.48. The zero-order valence-corrected chi connectivity index (χ0v) is 49.2. The summed E-state index contributed by atoms with van der Waals surface area (Å²) in [6.07, 6.45) is 2.76. The van der Waals surface area contributed by atoms with Crippen molar-refractivity contribution in [1.29, 1.82) is 5.41 Å². The van der Waals surface area contributed by atoms with Gasteiger partial charge in [-0.1, -0.05) is 12.5 Å². The highest BCUT2D eigenvalue weighted by atomic mass is 32.2. The number of ether oxygens (including phenoxy) is 4. The average Bonchev–Trinajstić information content (AvgIpc) is 0.981. The number of rotatable bonds is 34. The van der Waals surface area contributed by atoms with Crippen LogP contribution in [-0.4, -0.2) is 190 Å². The molecule has 32 heteroatoms. The third-order valence-corrected chi connectivity index (χ3v) is 17.5. The molecule has 0 aromatic heterocycles. The van der Waals surface area contributed by atoms with E-state index >= 15 is 0 Å². The molecule has 0 bridgehead atoms. The van der Waals surface area contributed by atoms with Crippen LogP contribution in [0.2, 0.25) is 0 Å². The number of carbonyl (C=O) groups is 8. The van der Waals surface area contributed by atoms with Gasteiger partial charge >= 0.3 is 18.0 Å². The van der Waals surface area contributed by atoms with Crippen LogP contribution in [0.3, 0.4) is 0 Å². The molecular formula is C54H68N8O21S3. The maximum atomic E-state index is 13.5. The number of imide groups is 1. The molecule has 0 spiro atoms. The Morgan fingerprint density at radius 2 is 1.44 bits per heavy atom. The number of nitrogens with one attached hydrogen (secondary N) is 5. The molecule has 4 heterocycles. The molecule has 5 aliphatic rings. The highest BCUT2D eigenvalue weighted by Crippen LogP contribution is 2.46. The number of benzene rings is 3. The van der Waals surface area contributed by atoms with Gasteiger partial charge in [-0.25, -0.2) is 14.4 Å². The predicted molar refractivity (Wildman–Crippen MR) is 305 cm³/mol. The minimum Gasteiger partial charge on any atom is -0.478 e. The Balaban J connectivity index is 0.811. The number of urea groups is 1. The number of likely N-dealkylation sites (N-methyl/N-ethyl adjacent to an activating group) is 1. The second-order valence-electron chi connectivity index (χ2n) is 20.0. The highest BCUT2D eigenvalue weighted by molar-refractivity contribution is 8.00. The first-order valence-electron chi connectivity index (χ1n) is 27.6. The lowest BCUT2D eigenvalue weighted by Gasteiger charge is -2.26. The zero-order valence-electron chi connectivity index (χ0n) is 46.8.